The Morgan fingerprint density at radius 2 is 1.68 bits per heavy atom. The van der Waals surface area contributed by atoms with Gasteiger partial charge >= 0.3 is 0 Å². The molecule has 0 radical (unpaired) electrons. The molecule has 22 heavy (non-hydrogen) atoms. The zero-order valence-electron chi connectivity index (χ0n) is 13.9. The van der Waals surface area contributed by atoms with Crippen LogP contribution in [0.5, 0.6) is 0 Å². The summed E-state index contributed by atoms with van der Waals surface area (Å²) in [4.78, 5) is 12.4. The van der Waals surface area contributed by atoms with Crippen LogP contribution in [0, 0.1) is 34.5 Å². The average Bonchev–Trinajstić information content (AvgIpc) is 2.79. The highest BCUT2D eigenvalue weighted by molar-refractivity contribution is 5.87. The van der Waals surface area contributed by atoms with E-state index in [4.69, 9.17) is 0 Å². The van der Waals surface area contributed by atoms with Crippen molar-refractivity contribution in [3.05, 3.63) is 0 Å². The summed E-state index contributed by atoms with van der Waals surface area (Å²) in [5, 5.41) is 20.6. The van der Waals surface area contributed by atoms with Gasteiger partial charge in [-0.05, 0) is 74.0 Å². The molecule has 0 spiro atoms. The van der Waals surface area contributed by atoms with Crippen LogP contribution >= 0.6 is 0 Å². The van der Waals surface area contributed by atoms with Gasteiger partial charge in [-0.25, -0.2) is 0 Å². The second kappa shape index (κ2) is 4.80. The molecule has 4 saturated carbocycles. The second-order valence-electron chi connectivity index (χ2n) is 9.08. The molecule has 0 amide bonds. The lowest BCUT2D eigenvalue weighted by Crippen LogP contribution is -2.58. The molecule has 4 fully saturated rings. The van der Waals surface area contributed by atoms with Gasteiger partial charge in [-0.15, -0.1) is 0 Å². The topological polar surface area (TPSA) is 57.5 Å². The van der Waals surface area contributed by atoms with Crippen LogP contribution in [0.3, 0.4) is 0 Å². The summed E-state index contributed by atoms with van der Waals surface area (Å²) < 4.78 is 0. The van der Waals surface area contributed by atoms with Crippen molar-refractivity contribution in [3.8, 4) is 0 Å². The van der Waals surface area contributed by atoms with Gasteiger partial charge in [0.25, 0.3) is 0 Å². The van der Waals surface area contributed by atoms with E-state index in [1.165, 1.54) is 0 Å². The fourth-order valence-corrected chi connectivity index (χ4v) is 7.09. The molecule has 8 atom stereocenters. The van der Waals surface area contributed by atoms with Gasteiger partial charge in [-0.1, -0.05) is 13.8 Å². The average molecular weight is 306 g/mol. The molecule has 0 aromatic heterocycles. The Morgan fingerprint density at radius 1 is 0.909 bits per heavy atom. The molecule has 0 bridgehead atoms. The SMILES string of the molecule is C[C@]12CC[C@@H](O)C(O)[C@@H]1CC[C@@H]1[C@@H]2CC[C@]2(C)C(=O)CC[C@@H]12. The maximum atomic E-state index is 12.4. The summed E-state index contributed by atoms with van der Waals surface area (Å²) in [5.41, 5.74) is 0.103. The minimum Gasteiger partial charge on any atom is -0.390 e. The maximum absolute atomic E-state index is 12.4. The molecule has 0 aromatic carbocycles. The van der Waals surface area contributed by atoms with Crippen LogP contribution in [0.15, 0.2) is 0 Å². The Morgan fingerprint density at radius 3 is 2.45 bits per heavy atom. The van der Waals surface area contributed by atoms with Gasteiger partial charge in [-0.2, -0.15) is 0 Å². The van der Waals surface area contributed by atoms with Crippen LogP contribution < -0.4 is 0 Å². The van der Waals surface area contributed by atoms with E-state index in [-0.39, 0.29) is 16.7 Å². The van der Waals surface area contributed by atoms with E-state index < -0.39 is 12.2 Å². The lowest BCUT2D eigenvalue weighted by molar-refractivity contribution is -0.173. The van der Waals surface area contributed by atoms with E-state index in [2.05, 4.69) is 13.8 Å². The van der Waals surface area contributed by atoms with E-state index >= 15 is 0 Å². The lowest BCUT2D eigenvalue weighted by atomic mass is 9.45. The van der Waals surface area contributed by atoms with Crippen LogP contribution in [0.25, 0.3) is 0 Å². The number of fused-ring (bicyclic) bond motifs is 5. The van der Waals surface area contributed by atoms with Crippen molar-refractivity contribution >= 4 is 5.78 Å². The highest BCUT2D eigenvalue weighted by atomic mass is 16.3. The second-order valence-corrected chi connectivity index (χ2v) is 9.08. The summed E-state index contributed by atoms with van der Waals surface area (Å²) in [6, 6.07) is 0. The molecule has 2 N–H and O–H groups in total. The van der Waals surface area contributed by atoms with Crippen molar-refractivity contribution in [3.63, 3.8) is 0 Å². The van der Waals surface area contributed by atoms with Crippen LogP contribution in [0.4, 0.5) is 0 Å². The summed E-state index contributed by atoms with van der Waals surface area (Å²) in [6.45, 7) is 4.58. The molecule has 3 heteroatoms. The molecular formula is C19H30O3. The van der Waals surface area contributed by atoms with Crippen LogP contribution in [0.2, 0.25) is 0 Å². The molecule has 3 nitrogen and oxygen atoms in total. The first-order chi connectivity index (χ1) is 10.4. The van der Waals surface area contributed by atoms with Gasteiger partial charge in [0.05, 0.1) is 12.2 Å². The molecular weight excluding hydrogens is 276 g/mol. The standard InChI is InChI=1S/C19H30O3/c1-18-10-8-15(20)17(22)14(18)4-3-11-12-5-6-16(21)19(12,2)9-7-13(11)18/h11-15,17,20,22H,3-10H2,1-2H3/t11-,12-,13-,14-,15+,17?,18+,19-/m0/s1. The first kappa shape index (κ1) is 15.1. The normalized spacial score (nSPS) is 57.9. The number of Topliss-reactive ketones (excluding diaryl/α,β-unsaturated/α-hetero) is 1. The molecule has 0 aliphatic heterocycles. The van der Waals surface area contributed by atoms with E-state index in [1.807, 2.05) is 0 Å². The number of ketones is 1. The zero-order valence-corrected chi connectivity index (χ0v) is 13.9. The first-order valence-electron chi connectivity index (χ1n) is 9.27. The van der Waals surface area contributed by atoms with Gasteiger partial charge in [0, 0.05) is 11.8 Å². The van der Waals surface area contributed by atoms with Crippen molar-refractivity contribution < 1.29 is 15.0 Å². The van der Waals surface area contributed by atoms with Crippen LogP contribution in [-0.2, 0) is 4.79 Å². The van der Waals surface area contributed by atoms with Crippen molar-refractivity contribution in [1.82, 2.24) is 0 Å². The van der Waals surface area contributed by atoms with E-state index in [0.717, 1.165) is 51.4 Å². The Bertz CT molecular complexity index is 489. The Labute approximate surface area is 133 Å². The van der Waals surface area contributed by atoms with E-state index in [0.29, 0.717) is 23.5 Å². The predicted octanol–water partition coefficient (Wildman–Crippen LogP) is 2.93. The van der Waals surface area contributed by atoms with E-state index in [1.54, 1.807) is 0 Å². The largest absolute Gasteiger partial charge is 0.390 e. The quantitative estimate of drug-likeness (QED) is 0.723. The Hall–Kier alpha value is -0.410. The third-order valence-corrected chi connectivity index (χ3v) is 8.44. The summed E-state index contributed by atoms with van der Waals surface area (Å²) in [7, 11) is 0. The Kier molecular flexibility index (Phi) is 3.30. The summed E-state index contributed by atoms with van der Waals surface area (Å²) in [6.07, 6.45) is 6.91. The zero-order chi connectivity index (χ0) is 15.7. The molecule has 124 valence electrons. The van der Waals surface area contributed by atoms with Crippen LogP contribution in [0.1, 0.15) is 65.2 Å². The number of carbonyl (C=O) groups excluding carboxylic acids is 1. The number of hydrogen-bond acceptors (Lipinski definition) is 3. The molecule has 0 saturated heterocycles. The minimum atomic E-state index is -0.543. The third kappa shape index (κ3) is 1.78. The van der Waals surface area contributed by atoms with Gasteiger partial charge in [0.2, 0.25) is 0 Å². The fraction of sp³-hybridized carbons (Fsp3) is 0.947. The highest BCUT2D eigenvalue weighted by Gasteiger charge is 2.61. The molecule has 4 rings (SSSR count). The smallest absolute Gasteiger partial charge is 0.139 e. The van der Waals surface area contributed by atoms with E-state index in [9.17, 15) is 15.0 Å². The van der Waals surface area contributed by atoms with Crippen molar-refractivity contribution in [2.24, 2.45) is 34.5 Å². The van der Waals surface area contributed by atoms with Gasteiger partial charge in [0.15, 0.2) is 0 Å². The van der Waals surface area contributed by atoms with Crippen molar-refractivity contribution in [2.45, 2.75) is 77.4 Å². The predicted molar refractivity (Wildman–Crippen MR) is 84.1 cm³/mol. The summed E-state index contributed by atoms with van der Waals surface area (Å²) in [5.74, 6) is 2.62. The monoisotopic (exact) mass is 306 g/mol. The van der Waals surface area contributed by atoms with Gasteiger partial charge in [0.1, 0.15) is 5.78 Å². The number of aliphatic hydroxyl groups excluding tert-OH is 2. The third-order valence-electron chi connectivity index (χ3n) is 8.44. The van der Waals surface area contributed by atoms with Gasteiger partial charge in [-0.3, -0.25) is 4.79 Å². The van der Waals surface area contributed by atoms with Crippen LogP contribution in [-0.4, -0.2) is 28.2 Å². The highest BCUT2D eigenvalue weighted by Crippen LogP contribution is 2.65. The number of rotatable bonds is 0. The number of hydrogen-bond donors (Lipinski definition) is 2. The Balaban J connectivity index is 1.65. The molecule has 1 unspecified atom stereocenters. The maximum Gasteiger partial charge on any atom is 0.139 e. The molecule has 0 heterocycles. The first-order valence-corrected chi connectivity index (χ1v) is 9.27. The van der Waals surface area contributed by atoms with Crippen molar-refractivity contribution in [2.75, 3.05) is 0 Å². The number of aliphatic hydroxyl groups is 2. The fourth-order valence-electron chi connectivity index (χ4n) is 7.09. The molecule has 0 aromatic rings. The lowest BCUT2D eigenvalue weighted by Gasteiger charge is -2.61. The number of carbonyl (C=O) groups is 1. The summed E-state index contributed by atoms with van der Waals surface area (Å²) >= 11 is 0. The molecule has 4 aliphatic carbocycles. The van der Waals surface area contributed by atoms with Gasteiger partial charge < -0.3 is 10.2 Å². The van der Waals surface area contributed by atoms with Crippen molar-refractivity contribution in [1.29, 1.82) is 0 Å². The molecule has 4 aliphatic rings. The minimum absolute atomic E-state index is 0.0584.